The lowest BCUT2D eigenvalue weighted by atomic mass is 10.2. The van der Waals surface area contributed by atoms with Crippen LogP contribution in [0.3, 0.4) is 0 Å². The van der Waals surface area contributed by atoms with E-state index in [1.165, 1.54) is 18.9 Å². The van der Waals surface area contributed by atoms with Crippen LogP contribution >= 0.6 is 11.8 Å². The summed E-state index contributed by atoms with van der Waals surface area (Å²) in [7, 11) is 5.07. The summed E-state index contributed by atoms with van der Waals surface area (Å²) in [5, 5.41) is 3.66. The van der Waals surface area contributed by atoms with E-state index in [0.29, 0.717) is 23.0 Å². The van der Waals surface area contributed by atoms with Gasteiger partial charge in [0.2, 0.25) is 11.9 Å². The molecule has 20 heavy (non-hydrogen) atoms. The van der Waals surface area contributed by atoms with Gasteiger partial charge in [0.25, 0.3) is 0 Å². The SMILES string of the molecule is COC(=O)CSc1nc(NCC(C)C)nc(N(C)C)n1. The van der Waals surface area contributed by atoms with Crippen LogP contribution in [0.1, 0.15) is 13.8 Å². The van der Waals surface area contributed by atoms with Gasteiger partial charge in [0.05, 0.1) is 12.9 Å². The highest BCUT2D eigenvalue weighted by Crippen LogP contribution is 2.18. The Morgan fingerprint density at radius 2 is 2.05 bits per heavy atom. The van der Waals surface area contributed by atoms with E-state index in [1.54, 1.807) is 4.90 Å². The Labute approximate surface area is 123 Å². The summed E-state index contributed by atoms with van der Waals surface area (Å²) in [6, 6.07) is 0. The highest BCUT2D eigenvalue weighted by atomic mass is 32.2. The maximum absolute atomic E-state index is 11.2. The Kier molecular flexibility index (Phi) is 6.50. The van der Waals surface area contributed by atoms with Gasteiger partial charge in [0.15, 0.2) is 5.16 Å². The summed E-state index contributed by atoms with van der Waals surface area (Å²) in [6.45, 7) is 4.99. The maximum Gasteiger partial charge on any atom is 0.316 e. The zero-order valence-electron chi connectivity index (χ0n) is 12.5. The Hall–Kier alpha value is -1.57. The van der Waals surface area contributed by atoms with Crippen molar-refractivity contribution in [3.8, 4) is 0 Å². The van der Waals surface area contributed by atoms with Gasteiger partial charge >= 0.3 is 5.97 Å². The fourth-order valence-electron chi connectivity index (χ4n) is 1.17. The standard InChI is InChI=1S/C12H21N5O2S/c1-8(2)6-13-10-14-11(17(3)4)16-12(15-10)20-7-9(18)19-5/h8H,6-7H2,1-5H3,(H,13,14,15,16). The summed E-state index contributed by atoms with van der Waals surface area (Å²) in [4.78, 5) is 25.8. The van der Waals surface area contributed by atoms with E-state index in [1.807, 2.05) is 14.1 Å². The molecule has 0 radical (unpaired) electrons. The van der Waals surface area contributed by atoms with Gasteiger partial charge in [-0.3, -0.25) is 4.79 Å². The van der Waals surface area contributed by atoms with Crippen LogP contribution in [0.15, 0.2) is 5.16 Å². The molecule has 1 aromatic heterocycles. The molecule has 1 heterocycles. The number of nitrogens with zero attached hydrogens (tertiary/aromatic N) is 4. The van der Waals surface area contributed by atoms with Crippen LogP contribution in [-0.4, -0.2) is 54.4 Å². The largest absolute Gasteiger partial charge is 0.468 e. The van der Waals surface area contributed by atoms with E-state index in [0.717, 1.165) is 6.54 Å². The number of nitrogens with one attached hydrogen (secondary N) is 1. The lowest BCUT2D eigenvalue weighted by Gasteiger charge is -2.13. The molecule has 7 nitrogen and oxygen atoms in total. The van der Waals surface area contributed by atoms with Crippen molar-refractivity contribution in [3.05, 3.63) is 0 Å². The highest BCUT2D eigenvalue weighted by molar-refractivity contribution is 7.99. The molecular formula is C12H21N5O2S. The Balaban J connectivity index is 2.84. The van der Waals surface area contributed by atoms with Crippen LogP contribution in [0.25, 0.3) is 0 Å². The number of aromatic nitrogens is 3. The maximum atomic E-state index is 11.2. The summed E-state index contributed by atoms with van der Waals surface area (Å²) in [5.41, 5.74) is 0. The molecule has 0 saturated carbocycles. The molecule has 112 valence electrons. The normalized spacial score (nSPS) is 10.5. The Bertz CT molecular complexity index is 453. The number of esters is 1. The van der Waals surface area contributed by atoms with E-state index in [-0.39, 0.29) is 11.7 Å². The van der Waals surface area contributed by atoms with Crippen LogP contribution in [0.5, 0.6) is 0 Å². The minimum atomic E-state index is -0.307. The van der Waals surface area contributed by atoms with Crippen molar-refractivity contribution in [1.82, 2.24) is 15.0 Å². The minimum Gasteiger partial charge on any atom is -0.468 e. The van der Waals surface area contributed by atoms with Crippen molar-refractivity contribution in [2.24, 2.45) is 5.92 Å². The number of anilines is 2. The van der Waals surface area contributed by atoms with Crippen molar-refractivity contribution in [2.45, 2.75) is 19.0 Å². The molecule has 0 aliphatic rings. The van der Waals surface area contributed by atoms with E-state index < -0.39 is 0 Å². The quantitative estimate of drug-likeness (QED) is 0.595. The van der Waals surface area contributed by atoms with Gasteiger partial charge < -0.3 is 15.0 Å². The second-order valence-electron chi connectivity index (χ2n) is 4.78. The van der Waals surface area contributed by atoms with Crippen molar-refractivity contribution in [2.75, 3.05) is 43.7 Å². The van der Waals surface area contributed by atoms with Crippen LogP contribution in [0, 0.1) is 5.92 Å². The smallest absolute Gasteiger partial charge is 0.316 e. The third-order valence-electron chi connectivity index (χ3n) is 2.22. The molecule has 0 amide bonds. The first-order valence-corrected chi connectivity index (χ1v) is 7.27. The monoisotopic (exact) mass is 299 g/mol. The van der Waals surface area contributed by atoms with Crippen molar-refractivity contribution >= 4 is 29.6 Å². The molecule has 1 N–H and O–H groups in total. The van der Waals surface area contributed by atoms with Gasteiger partial charge in [-0.25, -0.2) is 0 Å². The number of methoxy groups -OCH3 is 1. The molecule has 0 aliphatic heterocycles. The number of carbonyl (C=O) groups is 1. The lowest BCUT2D eigenvalue weighted by Crippen LogP contribution is -2.17. The lowest BCUT2D eigenvalue weighted by molar-refractivity contribution is -0.137. The second-order valence-corrected chi connectivity index (χ2v) is 5.72. The number of rotatable bonds is 7. The zero-order chi connectivity index (χ0) is 15.1. The molecule has 0 aromatic carbocycles. The Morgan fingerprint density at radius 3 is 2.60 bits per heavy atom. The molecule has 0 atom stereocenters. The Morgan fingerprint density at radius 1 is 1.35 bits per heavy atom. The van der Waals surface area contributed by atoms with Crippen molar-refractivity contribution in [3.63, 3.8) is 0 Å². The fourth-order valence-corrected chi connectivity index (χ4v) is 1.83. The van der Waals surface area contributed by atoms with Crippen molar-refractivity contribution in [1.29, 1.82) is 0 Å². The van der Waals surface area contributed by atoms with Gasteiger partial charge in [0.1, 0.15) is 0 Å². The number of ether oxygens (including phenoxy) is 1. The zero-order valence-corrected chi connectivity index (χ0v) is 13.3. The molecule has 1 rings (SSSR count). The molecule has 0 spiro atoms. The van der Waals surface area contributed by atoms with Crippen LogP contribution in [-0.2, 0) is 9.53 Å². The second kappa shape index (κ2) is 7.88. The fraction of sp³-hybridized carbons (Fsp3) is 0.667. The van der Waals surface area contributed by atoms with E-state index in [9.17, 15) is 4.79 Å². The average molecular weight is 299 g/mol. The molecule has 1 aromatic rings. The number of hydrogen-bond acceptors (Lipinski definition) is 8. The van der Waals surface area contributed by atoms with Gasteiger partial charge in [-0.05, 0) is 5.92 Å². The topological polar surface area (TPSA) is 80.2 Å². The summed E-state index contributed by atoms with van der Waals surface area (Å²) < 4.78 is 4.60. The third-order valence-corrected chi connectivity index (χ3v) is 3.04. The van der Waals surface area contributed by atoms with E-state index >= 15 is 0 Å². The van der Waals surface area contributed by atoms with Crippen molar-refractivity contribution < 1.29 is 9.53 Å². The summed E-state index contributed by atoms with van der Waals surface area (Å²) in [5.74, 6) is 1.43. The third kappa shape index (κ3) is 5.60. The minimum absolute atomic E-state index is 0.178. The first-order chi connectivity index (χ1) is 9.42. The van der Waals surface area contributed by atoms with Crippen LogP contribution in [0.2, 0.25) is 0 Å². The first-order valence-electron chi connectivity index (χ1n) is 6.29. The molecule has 8 heteroatoms. The number of carbonyl (C=O) groups excluding carboxylic acids is 1. The van der Waals surface area contributed by atoms with Crippen LogP contribution < -0.4 is 10.2 Å². The van der Waals surface area contributed by atoms with Gasteiger partial charge in [0, 0.05) is 20.6 Å². The predicted molar refractivity (Wildman–Crippen MR) is 80.2 cm³/mol. The molecule has 0 saturated heterocycles. The molecule has 0 fully saturated rings. The van der Waals surface area contributed by atoms with Gasteiger partial charge in [-0.15, -0.1) is 0 Å². The summed E-state index contributed by atoms with van der Waals surface area (Å²) in [6.07, 6.45) is 0. The number of thioether (sulfide) groups is 1. The summed E-state index contributed by atoms with van der Waals surface area (Å²) >= 11 is 1.23. The molecule has 0 bridgehead atoms. The van der Waals surface area contributed by atoms with E-state index in [2.05, 4.69) is 38.9 Å². The average Bonchev–Trinajstić information content (AvgIpc) is 2.42. The molecular weight excluding hydrogens is 278 g/mol. The predicted octanol–water partition coefficient (Wildman–Crippen LogP) is 1.27. The number of hydrogen-bond donors (Lipinski definition) is 1. The molecule has 0 unspecified atom stereocenters. The van der Waals surface area contributed by atoms with E-state index in [4.69, 9.17) is 0 Å². The highest BCUT2D eigenvalue weighted by Gasteiger charge is 2.11. The van der Waals surface area contributed by atoms with Gasteiger partial charge in [-0.1, -0.05) is 25.6 Å². The first kappa shape index (κ1) is 16.5. The molecule has 0 aliphatic carbocycles. The van der Waals surface area contributed by atoms with Gasteiger partial charge in [-0.2, -0.15) is 15.0 Å². The van der Waals surface area contributed by atoms with Crippen LogP contribution in [0.4, 0.5) is 11.9 Å².